The minimum Gasteiger partial charge on any atom is -0.423 e. The third-order valence-electron chi connectivity index (χ3n) is 13.3. The molecule has 5 rings (SSSR count). The Kier molecular flexibility index (Phi) is 32.7. The van der Waals surface area contributed by atoms with Gasteiger partial charge in [-0.15, -0.1) is 0 Å². The number of allylic oxidation sites excluding steroid dienone is 1. The highest BCUT2D eigenvalue weighted by molar-refractivity contribution is 6.59. The Morgan fingerprint density at radius 1 is 0.479 bits per heavy atom. The zero-order valence-electron chi connectivity index (χ0n) is 44.6. The van der Waals surface area contributed by atoms with Crippen LogP contribution in [0, 0.1) is 0 Å². The lowest BCUT2D eigenvalue weighted by Gasteiger charge is -2.26. The highest BCUT2D eigenvalue weighted by atomic mass is 16.7. The minimum absolute atomic E-state index is 0.144. The second kappa shape index (κ2) is 36.8. The summed E-state index contributed by atoms with van der Waals surface area (Å²) < 4.78 is 0. The molecule has 0 atom stereocenters. The fraction of sp³-hybridized carbons (Fsp3) is 0.596. The fourth-order valence-corrected chi connectivity index (χ4v) is 8.74. The quantitative estimate of drug-likeness (QED) is 0.0164. The molecule has 0 spiro atoms. The number of oxime groups is 2. The number of nitrogens with zero attached hydrogens (tertiary/aromatic N) is 2. The van der Waals surface area contributed by atoms with Crippen molar-refractivity contribution in [3.8, 4) is 0 Å². The third kappa shape index (κ3) is 25.0. The Morgan fingerprint density at radius 2 is 0.761 bits per heavy atom. The summed E-state index contributed by atoms with van der Waals surface area (Å²) in [6.07, 6.45) is 31.7. The highest BCUT2D eigenvalue weighted by Gasteiger charge is 2.39. The zero-order chi connectivity index (χ0) is 52.3. The average molecular weight is 981 g/mol. The van der Waals surface area contributed by atoms with Crippen molar-refractivity contribution in [2.24, 2.45) is 10.3 Å². The van der Waals surface area contributed by atoms with Crippen molar-refractivity contribution in [1.29, 1.82) is 0 Å². The second-order valence-electron chi connectivity index (χ2n) is 19.6. The van der Waals surface area contributed by atoms with Gasteiger partial charge in [-0.25, -0.2) is 0 Å². The van der Waals surface area contributed by atoms with Crippen LogP contribution in [0.3, 0.4) is 0 Å². The van der Waals surface area contributed by atoms with Gasteiger partial charge in [0.05, 0.1) is 11.4 Å². The fourth-order valence-electron chi connectivity index (χ4n) is 8.74. The van der Waals surface area contributed by atoms with Crippen molar-refractivity contribution in [2.45, 2.75) is 220 Å². The van der Waals surface area contributed by atoms with E-state index in [9.17, 15) is 24.9 Å². The van der Waals surface area contributed by atoms with Gasteiger partial charge in [0.2, 0.25) is 0 Å². The molecule has 3 aromatic carbocycles. The molecule has 11 nitrogen and oxygen atoms in total. The van der Waals surface area contributed by atoms with Crippen LogP contribution >= 0.6 is 0 Å². The zero-order valence-corrected chi connectivity index (χ0v) is 44.6. The molecule has 2 aliphatic rings. The van der Waals surface area contributed by atoms with Crippen molar-refractivity contribution >= 4 is 55.5 Å². The van der Waals surface area contributed by atoms with Crippen LogP contribution in [-0.4, -0.2) is 80.4 Å². The Hall–Kier alpha value is -4.04. The van der Waals surface area contributed by atoms with Gasteiger partial charge < -0.3 is 39.8 Å². The first-order valence-electron chi connectivity index (χ1n) is 27.3. The lowest BCUT2D eigenvalue weighted by Crippen LogP contribution is -2.30. The van der Waals surface area contributed by atoms with Gasteiger partial charge in [-0.1, -0.05) is 214 Å². The SMILES string of the molecule is C=C(CCCCC)CCCCC.CCCCCC1(CCCCC)CC(c2ccc(B(O)O)cc2)=NO1.CCCCCC1(CCCCC)CC(c2ccc(B(O)O)cc2)=NO1.O=Cc1ccc(B(O)O)cc1. The van der Waals surface area contributed by atoms with Gasteiger partial charge in [0, 0.05) is 18.4 Å². The molecule has 0 amide bonds. The van der Waals surface area contributed by atoms with Crippen LogP contribution in [0.25, 0.3) is 0 Å². The lowest BCUT2D eigenvalue weighted by atomic mass is 9.79. The van der Waals surface area contributed by atoms with Crippen LogP contribution in [0.1, 0.15) is 230 Å². The molecule has 14 heteroatoms. The van der Waals surface area contributed by atoms with Crippen molar-refractivity contribution in [3.05, 3.63) is 102 Å². The number of hydrogen-bond acceptors (Lipinski definition) is 11. The van der Waals surface area contributed by atoms with E-state index >= 15 is 0 Å². The van der Waals surface area contributed by atoms with Gasteiger partial charge in [-0.05, 0) is 105 Å². The summed E-state index contributed by atoms with van der Waals surface area (Å²) in [5, 5.41) is 62.9. The van der Waals surface area contributed by atoms with Crippen LogP contribution in [0.4, 0.5) is 0 Å². The number of carbonyl (C=O) groups excluding carboxylic acids is 1. The summed E-state index contributed by atoms with van der Waals surface area (Å²) in [7, 11) is -4.32. The molecular weight excluding hydrogens is 889 g/mol. The first kappa shape index (κ1) is 63.1. The maximum Gasteiger partial charge on any atom is 0.488 e. The average Bonchev–Trinajstić information content (AvgIpc) is 4.00. The predicted molar refractivity (Wildman–Crippen MR) is 298 cm³/mol. The predicted octanol–water partition coefficient (Wildman–Crippen LogP) is 10.7. The van der Waals surface area contributed by atoms with Crippen LogP contribution < -0.4 is 16.4 Å². The maximum absolute atomic E-state index is 10.2. The number of rotatable bonds is 30. The monoisotopic (exact) mass is 981 g/mol. The van der Waals surface area contributed by atoms with E-state index in [1.165, 1.54) is 158 Å². The summed E-state index contributed by atoms with van der Waals surface area (Å²) in [6, 6.07) is 20.6. The minimum atomic E-state index is -1.46. The van der Waals surface area contributed by atoms with Crippen molar-refractivity contribution in [3.63, 3.8) is 0 Å². The maximum atomic E-state index is 10.2. The van der Waals surface area contributed by atoms with Crippen LogP contribution in [0.15, 0.2) is 95.3 Å². The van der Waals surface area contributed by atoms with E-state index in [1.54, 1.807) is 24.3 Å². The molecule has 0 saturated heterocycles. The van der Waals surface area contributed by atoms with Crippen molar-refractivity contribution in [2.75, 3.05) is 0 Å². The van der Waals surface area contributed by atoms with E-state index in [2.05, 4.69) is 58.4 Å². The summed E-state index contributed by atoms with van der Waals surface area (Å²) in [4.78, 5) is 22.1. The van der Waals surface area contributed by atoms with Gasteiger partial charge in [-0.3, -0.25) is 4.79 Å². The van der Waals surface area contributed by atoms with E-state index < -0.39 is 21.4 Å². The highest BCUT2D eigenvalue weighted by Crippen LogP contribution is 2.37. The molecule has 0 aliphatic carbocycles. The Balaban J connectivity index is 0.000000344. The molecule has 0 aromatic heterocycles. The van der Waals surface area contributed by atoms with E-state index in [0.29, 0.717) is 28.2 Å². The van der Waals surface area contributed by atoms with Crippen LogP contribution in [0.2, 0.25) is 0 Å². The molecule has 6 N–H and O–H groups in total. The lowest BCUT2D eigenvalue weighted by molar-refractivity contribution is -0.0350. The standard InChI is InChI=1S/2C19H30BNO3.C12H24.C7H7BO3/c2*1-3-5-7-13-19(14-8-6-4-2)15-18(21-24-19)16-9-11-17(12-10-16)20(22)23;1-4-6-8-10-12(3)11-9-7-5-2;9-5-6-1-3-7(4-2-6)8(10)11/h2*9-12,22-23H,3-8,13-15H2,1-2H3;3-11H2,1-2H3;1-5,10-11H. The molecule has 0 saturated carbocycles. The number of carbonyl (C=O) groups is 1. The topological polar surface area (TPSA) is 182 Å². The largest absolute Gasteiger partial charge is 0.488 e. The Morgan fingerprint density at radius 3 is 1.03 bits per heavy atom. The molecule has 2 heterocycles. The Labute approximate surface area is 430 Å². The first-order chi connectivity index (χ1) is 34.2. The summed E-state index contributed by atoms with van der Waals surface area (Å²) in [5.74, 6) is 0. The summed E-state index contributed by atoms with van der Waals surface area (Å²) in [5.41, 5.74) is 7.04. The number of hydrogen-bond donors (Lipinski definition) is 6. The van der Waals surface area contributed by atoms with Crippen molar-refractivity contribution in [1.82, 2.24) is 0 Å². The number of unbranched alkanes of at least 4 members (excludes halogenated alkanes) is 12. The van der Waals surface area contributed by atoms with Gasteiger partial charge >= 0.3 is 21.4 Å². The Bertz CT molecular complexity index is 1790. The molecule has 0 fully saturated rings. The molecule has 0 unspecified atom stereocenters. The summed E-state index contributed by atoms with van der Waals surface area (Å²) in [6.45, 7) is 17.5. The third-order valence-corrected chi connectivity index (χ3v) is 13.3. The van der Waals surface area contributed by atoms with Crippen LogP contribution in [-0.2, 0) is 9.68 Å². The van der Waals surface area contributed by atoms with Crippen LogP contribution in [0.5, 0.6) is 0 Å². The van der Waals surface area contributed by atoms with Gasteiger partial charge in [-0.2, -0.15) is 0 Å². The van der Waals surface area contributed by atoms with E-state index in [-0.39, 0.29) is 11.2 Å². The second-order valence-corrected chi connectivity index (χ2v) is 19.6. The number of benzene rings is 3. The molecule has 2 aliphatic heterocycles. The van der Waals surface area contributed by atoms with Crippen molar-refractivity contribution < 1.29 is 44.6 Å². The molecule has 3 aromatic rings. The first-order valence-corrected chi connectivity index (χ1v) is 27.3. The summed E-state index contributed by atoms with van der Waals surface area (Å²) >= 11 is 0. The van der Waals surface area contributed by atoms with Gasteiger partial charge in [0.1, 0.15) is 17.5 Å². The van der Waals surface area contributed by atoms with E-state index in [0.717, 1.165) is 61.1 Å². The molecule has 392 valence electrons. The molecule has 71 heavy (non-hydrogen) atoms. The molecular formula is C57H91B3N2O9. The molecule has 0 bridgehead atoms. The smallest absolute Gasteiger partial charge is 0.423 e. The number of aldehydes is 1. The van der Waals surface area contributed by atoms with Gasteiger partial charge in [0.15, 0.2) is 0 Å². The van der Waals surface area contributed by atoms with Gasteiger partial charge in [0.25, 0.3) is 0 Å². The molecule has 0 radical (unpaired) electrons. The van der Waals surface area contributed by atoms with E-state index in [1.807, 2.05) is 24.3 Å². The normalized spacial score (nSPS) is 13.9. The van der Waals surface area contributed by atoms with E-state index in [4.69, 9.17) is 19.7 Å².